The van der Waals surface area contributed by atoms with Crippen LogP contribution in [0.1, 0.15) is 28.5 Å². The first-order valence-electron chi connectivity index (χ1n) is 10.7. The summed E-state index contributed by atoms with van der Waals surface area (Å²) in [6.07, 6.45) is 0. The fraction of sp³-hybridized carbons (Fsp3) is 0.320. The van der Waals surface area contributed by atoms with E-state index in [2.05, 4.69) is 26.0 Å². The van der Waals surface area contributed by atoms with Crippen LogP contribution in [0.4, 0.5) is 0 Å². The number of rotatable bonds is 4. The predicted molar refractivity (Wildman–Crippen MR) is 123 cm³/mol. The van der Waals surface area contributed by atoms with Crippen molar-refractivity contribution in [1.29, 1.82) is 0 Å². The monoisotopic (exact) mass is 432 g/mol. The lowest BCUT2D eigenvalue weighted by atomic mass is 10.0. The van der Waals surface area contributed by atoms with Crippen LogP contribution in [0.3, 0.4) is 0 Å². The topological polar surface area (TPSA) is 67.7 Å². The zero-order chi connectivity index (χ0) is 22.8. The number of benzene rings is 2. The maximum absolute atomic E-state index is 13.5. The highest BCUT2D eigenvalue weighted by atomic mass is 16.5. The number of nitrogens with zero attached hydrogens (tertiary/aromatic N) is 4. The summed E-state index contributed by atoms with van der Waals surface area (Å²) in [5.74, 6) is 0.688. The van der Waals surface area contributed by atoms with Crippen molar-refractivity contribution in [3.05, 3.63) is 65.4 Å². The molecule has 0 saturated carbocycles. The third-order valence-electron chi connectivity index (χ3n) is 6.06. The molecule has 1 saturated heterocycles. The molecule has 7 nitrogen and oxygen atoms in total. The van der Waals surface area contributed by atoms with Gasteiger partial charge < -0.3 is 14.5 Å². The van der Waals surface area contributed by atoms with E-state index in [1.807, 2.05) is 36.4 Å². The highest BCUT2D eigenvalue weighted by Gasteiger charge is 2.27. The molecule has 32 heavy (non-hydrogen) atoms. The molecule has 1 aliphatic rings. The van der Waals surface area contributed by atoms with E-state index in [-0.39, 0.29) is 11.8 Å². The van der Waals surface area contributed by atoms with Crippen molar-refractivity contribution in [2.75, 3.05) is 33.3 Å². The average Bonchev–Trinajstić information content (AvgIpc) is 3.26. The number of hydrogen-bond acceptors (Lipinski definition) is 4. The van der Waals surface area contributed by atoms with Gasteiger partial charge in [-0.05, 0) is 61.4 Å². The van der Waals surface area contributed by atoms with E-state index in [1.54, 1.807) is 28.5 Å². The van der Waals surface area contributed by atoms with Crippen LogP contribution in [0, 0.1) is 13.8 Å². The fourth-order valence-corrected chi connectivity index (χ4v) is 3.88. The summed E-state index contributed by atoms with van der Waals surface area (Å²) in [7, 11) is 1.62. The average molecular weight is 433 g/mol. The van der Waals surface area contributed by atoms with Crippen molar-refractivity contribution >= 4 is 11.8 Å². The van der Waals surface area contributed by atoms with Gasteiger partial charge in [0.25, 0.3) is 5.91 Å². The van der Waals surface area contributed by atoms with Crippen LogP contribution in [-0.2, 0) is 4.79 Å². The first kappa shape index (κ1) is 21.6. The summed E-state index contributed by atoms with van der Waals surface area (Å²) in [5, 5.41) is 4.80. The largest absolute Gasteiger partial charge is 0.497 e. The van der Waals surface area contributed by atoms with Crippen molar-refractivity contribution in [3.8, 4) is 22.7 Å². The highest BCUT2D eigenvalue weighted by molar-refractivity contribution is 5.94. The van der Waals surface area contributed by atoms with Crippen molar-refractivity contribution in [2.24, 2.45) is 0 Å². The zero-order valence-electron chi connectivity index (χ0n) is 19.0. The lowest BCUT2D eigenvalue weighted by molar-refractivity contribution is -0.130. The van der Waals surface area contributed by atoms with Crippen LogP contribution in [-0.4, -0.2) is 64.7 Å². The summed E-state index contributed by atoms with van der Waals surface area (Å²) in [4.78, 5) is 28.7. The second kappa shape index (κ2) is 8.86. The molecule has 0 atom stereocenters. The van der Waals surface area contributed by atoms with Gasteiger partial charge in [-0.25, -0.2) is 4.68 Å². The van der Waals surface area contributed by atoms with E-state index in [0.717, 1.165) is 22.7 Å². The van der Waals surface area contributed by atoms with Gasteiger partial charge in [0.1, 0.15) is 11.4 Å². The summed E-state index contributed by atoms with van der Waals surface area (Å²) in [5.41, 5.74) is 5.38. The number of piperazine rings is 1. The Bertz CT molecular complexity index is 1140. The number of aryl methyl sites for hydroxylation is 2. The standard InChI is InChI=1S/C25H28N4O3/c1-17-5-6-20(15-18(17)2)23-16-24(25(31)28-13-11-27(12-14-28)19(3)30)29(26-23)21-7-9-22(32-4)10-8-21/h5-10,15-16H,11-14H2,1-4H3. The van der Waals surface area contributed by atoms with Crippen LogP contribution >= 0.6 is 0 Å². The van der Waals surface area contributed by atoms with Crippen LogP contribution in [0.25, 0.3) is 16.9 Å². The quantitative estimate of drug-likeness (QED) is 0.633. The van der Waals surface area contributed by atoms with Gasteiger partial charge >= 0.3 is 0 Å². The Balaban J connectivity index is 1.72. The van der Waals surface area contributed by atoms with E-state index >= 15 is 0 Å². The Morgan fingerprint density at radius 1 is 0.875 bits per heavy atom. The molecule has 0 spiro atoms. The molecular weight excluding hydrogens is 404 g/mol. The minimum Gasteiger partial charge on any atom is -0.497 e. The third kappa shape index (κ3) is 4.23. The Hall–Kier alpha value is -3.61. The molecule has 0 bridgehead atoms. The first-order chi connectivity index (χ1) is 15.4. The molecule has 1 aromatic heterocycles. The Kier molecular flexibility index (Phi) is 5.99. The van der Waals surface area contributed by atoms with Crippen molar-refractivity contribution in [3.63, 3.8) is 0 Å². The molecule has 0 radical (unpaired) electrons. The molecule has 2 amide bonds. The molecular formula is C25H28N4O3. The number of aromatic nitrogens is 2. The van der Waals surface area contributed by atoms with Crippen molar-refractivity contribution < 1.29 is 14.3 Å². The Morgan fingerprint density at radius 2 is 1.53 bits per heavy atom. The number of ether oxygens (including phenoxy) is 1. The molecule has 0 N–H and O–H groups in total. The number of carbonyl (C=O) groups excluding carboxylic acids is 2. The van der Waals surface area contributed by atoms with Gasteiger partial charge in [0.2, 0.25) is 5.91 Å². The van der Waals surface area contributed by atoms with Gasteiger partial charge in [-0.15, -0.1) is 0 Å². The van der Waals surface area contributed by atoms with Crippen LogP contribution < -0.4 is 4.74 Å². The molecule has 1 aliphatic heterocycles. The lowest BCUT2D eigenvalue weighted by Gasteiger charge is -2.34. The van der Waals surface area contributed by atoms with E-state index < -0.39 is 0 Å². The number of carbonyl (C=O) groups is 2. The predicted octanol–water partition coefficient (Wildman–Crippen LogP) is 3.47. The Labute approximate surface area is 188 Å². The van der Waals surface area contributed by atoms with Crippen LogP contribution in [0.15, 0.2) is 48.5 Å². The van der Waals surface area contributed by atoms with Crippen LogP contribution in [0.5, 0.6) is 5.75 Å². The third-order valence-corrected chi connectivity index (χ3v) is 6.06. The van der Waals surface area contributed by atoms with Crippen molar-refractivity contribution in [2.45, 2.75) is 20.8 Å². The number of hydrogen-bond donors (Lipinski definition) is 0. The molecule has 1 fully saturated rings. The SMILES string of the molecule is COc1ccc(-n2nc(-c3ccc(C)c(C)c3)cc2C(=O)N2CCN(C(C)=O)CC2)cc1. The van der Waals surface area contributed by atoms with E-state index in [0.29, 0.717) is 31.9 Å². The molecule has 166 valence electrons. The Morgan fingerprint density at radius 3 is 2.12 bits per heavy atom. The summed E-state index contributed by atoms with van der Waals surface area (Å²) in [6, 6.07) is 15.5. The number of methoxy groups -OCH3 is 1. The van der Waals surface area contributed by atoms with Gasteiger partial charge in [0.05, 0.1) is 18.5 Å². The summed E-state index contributed by atoms with van der Waals surface area (Å²) in [6.45, 7) is 7.80. The smallest absolute Gasteiger partial charge is 0.272 e. The molecule has 2 aromatic carbocycles. The second-order valence-corrected chi connectivity index (χ2v) is 8.12. The van der Waals surface area contributed by atoms with Crippen molar-refractivity contribution in [1.82, 2.24) is 19.6 Å². The number of amides is 2. The minimum absolute atomic E-state index is 0.0393. The second-order valence-electron chi connectivity index (χ2n) is 8.12. The summed E-state index contributed by atoms with van der Waals surface area (Å²) < 4.78 is 6.97. The zero-order valence-corrected chi connectivity index (χ0v) is 19.0. The van der Waals surface area contributed by atoms with Gasteiger partial charge in [0.15, 0.2) is 0 Å². The molecule has 2 heterocycles. The molecule has 0 unspecified atom stereocenters. The van der Waals surface area contributed by atoms with E-state index in [4.69, 9.17) is 9.84 Å². The fourth-order valence-electron chi connectivity index (χ4n) is 3.88. The highest BCUT2D eigenvalue weighted by Crippen LogP contribution is 2.26. The lowest BCUT2D eigenvalue weighted by Crippen LogP contribution is -2.50. The molecule has 4 rings (SSSR count). The molecule has 0 aliphatic carbocycles. The summed E-state index contributed by atoms with van der Waals surface area (Å²) >= 11 is 0. The van der Waals surface area contributed by atoms with Gasteiger partial charge in [-0.1, -0.05) is 12.1 Å². The molecule has 3 aromatic rings. The van der Waals surface area contributed by atoms with E-state index in [9.17, 15) is 9.59 Å². The normalized spacial score (nSPS) is 13.9. The van der Waals surface area contributed by atoms with Gasteiger partial charge in [0, 0.05) is 38.7 Å². The minimum atomic E-state index is -0.0911. The molecule has 7 heteroatoms. The maximum atomic E-state index is 13.5. The van der Waals surface area contributed by atoms with Crippen LogP contribution in [0.2, 0.25) is 0 Å². The van der Waals surface area contributed by atoms with E-state index in [1.165, 1.54) is 11.1 Å². The first-order valence-corrected chi connectivity index (χ1v) is 10.7. The maximum Gasteiger partial charge on any atom is 0.272 e. The van der Waals surface area contributed by atoms with Gasteiger partial charge in [-0.3, -0.25) is 9.59 Å². The van der Waals surface area contributed by atoms with Gasteiger partial charge in [-0.2, -0.15) is 5.10 Å².